The largest absolute Gasteiger partial charge is 0.339 e. The first-order valence-electron chi connectivity index (χ1n) is 9.30. The molecule has 1 aliphatic heterocycles. The third kappa shape index (κ3) is 3.58. The molecule has 2 aromatic rings. The van der Waals surface area contributed by atoms with Crippen molar-refractivity contribution >= 4 is 5.91 Å². The Morgan fingerprint density at radius 1 is 1.44 bits per heavy atom. The lowest BCUT2D eigenvalue weighted by Gasteiger charge is -2.23. The zero-order chi connectivity index (χ0) is 19.0. The van der Waals surface area contributed by atoms with Crippen LogP contribution in [0, 0.1) is 30.0 Å². The Labute approximate surface area is 157 Å². The van der Waals surface area contributed by atoms with Crippen molar-refractivity contribution in [3.8, 4) is 17.3 Å². The van der Waals surface area contributed by atoms with Gasteiger partial charge in [-0.3, -0.25) is 9.89 Å². The molecule has 140 valence electrons. The molecule has 4 rings (SSSR count). The molecule has 1 aromatic carbocycles. The molecular formula is C20H22FN5O. The van der Waals surface area contributed by atoms with Crippen LogP contribution in [-0.4, -0.2) is 34.2 Å². The van der Waals surface area contributed by atoms with Crippen LogP contribution in [0.5, 0.6) is 0 Å². The van der Waals surface area contributed by atoms with Crippen molar-refractivity contribution in [3.05, 3.63) is 41.3 Å². The first-order valence-corrected chi connectivity index (χ1v) is 9.30. The van der Waals surface area contributed by atoms with E-state index in [9.17, 15) is 14.4 Å². The Morgan fingerprint density at radius 2 is 2.30 bits per heavy atom. The van der Waals surface area contributed by atoms with E-state index in [-0.39, 0.29) is 18.4 Å². The van der Waals surface area contributed by atoms with Crippen molar-refractivity contribution in [2.45, 2.75) is 50.7 Å². The summed E-state index contributed by atoms with van der Waals surface area (Å²) in [5.41, 5.74) is 2.64. The molecule has 1 aromatic heterocycles. The van der Waals surface area contributed by atoms with Gasteiger partial charge in [0, 0.05) is 23.7 Å². The van der Waals surface area contributed by atoms with Crippen LogP contribution in [0.1, 0.15) is 30.5 Å². The van der Waals surface area contributed by atoms with Gasteiger partial charge in [0.15, 0.2) is 0 Å². The highest BCUT2D eigenvalue weighted by Crippen LogP contribution is 2.35. The maximum atomic E-state index is 14.5. The fraction of sp³-hybridized carbons (Fsp3) is 0.450. The number of halogens is 1. The minimum absolute atomic E-state index is 0.134. The molecular weight excluding hydrogens is 345 g/mol. The molecule has 0 spiro atoms. The topological polar surface area (TPSA) is 93.6 Å². The second kappa shape index (κ2) is 7.12. The van der Waals surface area contributed by atoms with Crippen molar-refractivity contribution in [2.75, 3.05) is 0 Å². The number of H-pyrrole nitrogens is 1. The third-order valence-corrected chi connectivity index (χ3v) is 5.59. The smallest absolute Gasteiger partial charge is 0.238 e. The Bertz CT molecular complexity index is 902. The van der Waals surface area contributed by atoms with Gasteiger partial charge in [-0.25, -0.2) is 4.39 Å². The Morgan fingerprint density at radius 3 is 2.89 bits per heavy atom. The van der Waals surface area contributed by atoms with E-state index >= 15 is 0 Å². The summed E-state index contributed by atoms with van der Waals surface area (Å²) in [6, 6.07) is 8.21. The van der Waals surface area contributed by atoms with E-state index in [1.807, 2.05) is 13.0 Å². The fourth-order valence-electron chi connectivity index (χ4n) is 4.20. The first kappa shape index (κ1) is 17.7. The number of amides is 1. The van der Waals surface area contributed by atoms with E-state index in [1.54, 1.807) is 12.1 Å². The molecule has 1 amide bonds. The number of benzene rings is 1. The van der Waals surface area contributed by atoms with Crippen LogP contribution in [0.15, 0.2) is 24.3 Å². The number of carbonyl (C=O) groups excluding carboxylic acids is 1. The maximum Gasteiger partial charge on any atom is 0.238 e. The van der Waals surface area contributed by atoms with E-state index in [0.717, 1.165) is 25.0 Å². The Balaban J connectivity index is 1.42. The molecule has 0 radical (unpaired) electrons. The van der Waals surface area contributed by atoms with Crippen molar-refractivity contribution < 1.29 is 9.18 Å². The minimum atomic E-state index is -0.758. The SMILES string of the molecule is Cc1cc(-c2ccc(CC(C#N)NC(=O)C3NC4CCC3C4)c(F)c2)n[nH]1. The number of carbonyl (C=O) groups is 1. The number of piperidine rings is 1. The predicted molar refractivity (Wildman–Crippen MR) is 98.0 cm³/mol. The van der Waals surface area contributed by atoms with Gasteiger partial charge in [0.2, 0.25) is 5.91 Å². The fourth-order valence-corrected chi connectivity index (χ4v) is 4.20. The van der Waals surface area contributed by atoms with Gasteiger partial charge in [-0.15, -0.1) is 0 Å². The van der Waals surface area contributed by atoms with E-state index in [2.05, 4.69) is 26.9 Å². The predicted octanol–water partition coefficient (Wildman–Crippen LogP) is 2.22. The highest BCUT2D eigenvalue weighted by Gasteiger charge is 2.43. The van der Waals surface area contributed by atoms with E-state index in [1.165, 1.54) is 6.07 Å². The van der Waals surface area contributed by atoms with Crippen LogP contribution in [-0.2, 0) is 11.2 Å². The molecule has 27 heavy (non-hydrogen) atoms. The van der Waals surface area contributed by atoms with E-state index < -0.39 is 11.9 Å². The summed E-state index contributed by atoms with van der Waals surface area (Å²) in [5.74, 6) is -0.207. The van der Waals surface area contributed by atoms with Gasteiger partial charge in [0.25, 0.3) is 0 Å². The standard InChI is InChI=1S/C20H22FN5O/c1-11-6-18(26-25-11)13-3-2-12(17(21)9-13)7-16(10-22)24-20(27)19-14-4-5-15(8-14)23-19/h2-3,6,9,14-16,19,23H,4-5,7-8H2,1H3,(H,24,27)(H,25,26). The number of fused-ring (bicyclic) bond motifs is 2. The normalized spacial score (nSPS) is 24.6. The van der Waals surface area contributed by atoms with Crippen molar-refractivity contribution in [2.24, 2.45) is 5.92 Å². The number of aromatic amines is 1. The molecule has 2 fully saturated rings. The molecule has 1 aliphatic carbocycles. The van der Waals surface area contributed by atoms with Gasteiger partial charge in [-0.2, -0.15) is 10.4 Å². The van der Waals surface area contributed by atoms with Crippen LogP contribution in [0.2, 0.25) is 0 Å². The zero-order valence-electron chi connectivity index (χ0n) is 15.1. The van der Waals surface area contributed by atoms with Gasteiger partial charge in [-0.05, 0) is 49.8 Å². The average molecular weight is 367 g/mol. The number of nitriles is 1. The second-order valence-corrected chi connectivity index (χ2v) is 7.55. The molecule has 6 nitrogen and oxygen atoms in total. The van der Waals surface area contributed by atoms with Crippen molar-refractivity contribution in [1.29, 1.82) is 5.26 Å². The van der Waals surface area contributed by atoms with Crippen LogP contribution in [0.25, 0.3) is 11.3 Å². The summed E-state index contributed by atoms with van der Waals surface area (Å²) in [7, 11) is 0. The molecule has 1 saturated heterocycles. The summed E-state index contributed by atoms with van der Waals surface area (Å²) in [6.07, 6.45) is 3.33. The van der Waals surface area contributed by atoms with Gasteiger partial charge in [0.1, 0.15) is 11.9 Å². The molecule has 7 heteroatoms. The Hall–Kier alpha value is -2.72. The molecule has 2 aliphatic rings. The van der Waals surface area contributed by atoms with Crippen molar-refractivity contribution in [3.63, 3.8) is 0 Å². The number of hydrogen-bond acceptors (Lipinski definition) is 4. The second-order valence-electron chi connectivity index (χ2n) is 7.55. The zero-order valence-corrected chi connectivity index (χ0v) is 15.1. The van der Waals surface area contributed by atoms with Crippen LogP contribution in [0.4, 0.5) is 4.39 Å². The van der Waals surface area contributed by atoms with Crippen LogP contribution in [0.3, 0.4) is 0 Å². The number of nitrogens with one attached hydrogen (secondary N) is 3. The van der Waals surface area contributed by atoms with E-state index in [4.69, 9.17) is 0 Å². The number of aromatic nitrogens is 2. The third-order valence-electron chi connectivity index (χ3n) is 5.59. The van der Waals surface area contributed by atoms with Crippen LogP contribution >= 0.6 is 0 Å². The maximum absolute atomic E-state index is 14.5. The van der Waals surface area contributed by atoms with Gasteiger partial charge in [0.05, 0.1) is 17.8 Å². The molecule has 2 heterocycles. The van der Waals surface area contributed by atoms with E-state index in [0.29, 0.717) is 28.8 Å². The van der Waals surface area contributed by atoms with Gasteiger partial charge >= 0.3 is 0 Å². The number of rotatable bonds is 5. The van der Waals surface area contributed by atoms with Crippen LogP contribution < -0.4 is 10.6 Å². The Kier molecular flexibility index (Phi) is 4.66. The quantitative estimate of drug-likeness (QED) is 0.755. The molecule has 4 unspecified atom stereocenters. The summed E-state index contributed by atoms with van der Waals surface area (Å²) in [5, 5.41) is 22.5. The lowest BCUT2D eigenvalue weighted by atomic mass is 9.98. The number of aryl methyl sites for hydroxylation is 1. The van der Waals surface area contributed by atoms with Gasteiger partial charge < -0.3 is 10.6 Å². The highest BCUT2D eigenvalue weighted by molar-refractivity contribution is 5.83. The summed E-state index contributed by atoms with van der Waals surface area (Å²) < 4.78 is 14.5. The number of hydrogen-bond donors (Lipinski definition) is 3. The summed E-state index contributed by atoms with van der Waals surface area (Å²) >= 11 is 0. The lowest BCUT2D eigenvalue weighted by molar-refractivity contribution is -0.124. The summed E-state index contributed by atoms with van der Waals surface area (Å²) in [6.45, 7) is 1.88. The molecule has 3 N–H and O–H groups in total. The number of nitrogens with zero attached hydrogens (tertiary/aromatic N) is 2. The first-order chi connectivity index (χ1) is 13.0. The molecule has 1 saturated carbocycles. The molecule has 2 bridgehead atoms. The highest BCUT2D eigenvalue weighted by atomic mass is 19.1. The van der Waals surface area contributed by atoms with Crippen molar-refractivity contribution in [1.82, 2.24) is 20.8 Å². The monoisotopic (exact) mass is 367 g/mol. The lowest BCUT2D eigenvalue weighted by Crippen LogP contribution is -2.50. The minimum Gasteiger partial charge on any atom is -0.339 e. The molecule has 4 atom stereocenters. The van der Waals surface area contributed by atoms with Gasteiger partial charge in [-0.1, -0.05) is 12.1 Å². The summed E-state index contributed by atoms with van der Waals surface area (Å²) in [4.78, 5) is 12.5. The average Bonchev–Trinajstić information content (AvgIpc) is 3.39.